The highest BCUT2D eigenvalue weighted by Gasteiger charge is 2.26. The molecule has 0 heterocycles. The summed E-state index contributed by atoms with van der Waals surface area (Å²) in [5, 5.41) is 3.23. The molecule has 0 spiro atoms. The molecule has 0 unspecified atom stereocenters. The van der Waals surface area contributed by atoms with Gasteiger partial charge in [-0.3, -0.25) is 13.9 Å². The van der Waals surface area contributed by atoms with E-state index in [9.17, 15) is 22.4 Å². The Kier molecular flexibility index (Phi) is 9.51. The number of hydrogen-bond donors (Lipinski definition) is 1. The SMILES string of the molecule is CNC(=O)[C@H](C)N(Cc1ccc(Cl)c(Cl)c1)C(=O)CCCN(c1ccc(F)cc1)S(C)(=O)=O. The van der Waals surface area contributed by atoms with E-state index in [2.05, 4.69) is 5.32 Å². The molecule has 0 bridgehead atoms. The minimum atomic E-state index is -3.65. The molecule has 0 aliphatic heterocycles. The third kappa shape index (κ3) is 7.58. The molecule has 0 saturated heterocycles. The zero-order valence-corrected chi connectivity index (χ0v) is 20.8. The molecular weight excluding hydrogens is 492 g/mol. The Bertz CT molecular complexity index is 1100. The number of carbonyl (C=O) groups is 2. The van der Waals surface area contributed by atoms with Crippen molar-refractivity contribution in [1.29, 1.82) is 0 Å². The van der Waals surface area contributed by atoms with Gasteiger partial charge in [-0.25, -0.2) is 12.8 Å². The maximum absolute atomic E-state index is 13.2. The molecule has 0 radical (unpaired) electrons. The molecule has 7 nitrogen and oxygen atoms in total. The van der Waals surface area contributed by atoms with Crippen LogP contribution in [-0.2, 0) is 26.2 Å². The molecule has 0 aliphatic rings. The third-order valence-corrected chi connectivity index (χ3v) is 6.95. The number of rotatable bonds is 10. The predicted octanol–water partition coefficient (Wildman–Crippen LogP) is 3.84. The van der Waals surface area contributed by atoms with Gasteiger partial charge in [0, 0.05) is 26.6 Å². The number of halogens is 3. The molecular formula is C22H26Cl2FN3O4S. The largest absolute Gasteiger partial charge is 0.357 e. The van der Waals surface area contributed by atoms with Crippen LogP contribution in [0.3, 0.4) is 0 Å². The summed E-state index contributed by atoms with van der Waals surface area (Å²) in [6.45, 7) is 1.75. The molecule has 1 N–H and O–H groups in total. The second-order valence-corrected chi connectivity index (χ2v) is 10.2. The van der Waals surface area contributed by atoms with Crippen LogP contribution < -0.4 is 9.62 Å². The lowest BCUT2D eigenvalue weighted by atomic mass is 10.1. The predicted molar refractivity (Wildman–Crippen MR) is 128 cm³/mol. The van der Waals surface area contributed by atoms with E-state index in [0.717, 1.165) is 10.6 Å². The summed E-state index contributed by atoms with van der Waals surface area (Å²) in [6.07, 6.45) is 1.24. The summed E-state index contributed by atoms with van der Waals surface area (Å²) < 4.78 is 38.8. The monoisotopic (exact) mass is 517 g/mol. The molecule has 180 valence electrons. The van der Waals surface area contributed by atoms with E-state index in [1.165, 1.54) is 36.2 Å². The summed E-state index contributed by atoms with van der Waals surface area (Å²) in [6, 6.07) is 9.25. The van der Waals surface area contributed by atoms with Gasteiger partial charge in [0.2, 0.25) is 21.8 Å². The fourth-order valence-electron chi connectivity index (χ4n) is 3.24. The van der Waals surface area contributed by atoms with Crippen LogP contribution in [0, 0.1) is 5.82 Å². The summed E-state index contributed by atoms with van der Waals surface area (Å²) in [5.74, 6) is -1.15. The first-order valence-corrected chi connectivity index (χ1v) is 12.7. The lowest BCUT2D eigenvalue weighted by Crippen LogP contribution is -2.46. The fourth-order valence-corrected chi connectivity index (χ4v) is 4.52. The zero-order valence-electron chi connectivity index (χ0n) is 18.5. The normalized spacial score (nSPS) is 12.2. The van der Waals surface area contributed by atoms with Crippen LogP contribution in [0.5, 0.6) is 0 Å². The van der Waals surface area contributed by atoms with Gasteiger partial charge in [0.1, 0.15) is 11.9 Å². The van der Waals surface area contributed by atoms with Crippen LogP contribution >= 0.6 is 23.2 Å². The second-order valence-electron chi connectivity index (χ2n) is 7.48. The van der Waals surface area contributed by atoms with Gasteiger partial charge in [0.25, 0.3) is 0 Å². The van der Waals surface area contributed by atoms with Crippen LogP contribution in [0.2, 0.25) is 10.0 Å². The molecule has 2 aromatic rings. The van der Waals surface area contributed by atoms with E-state index in [0.29, 0.717) is 21.3 Å². The Hall–Kier alpha value is -2.36. The summed E-state index contributed by atoms with van der Waals surface area (Å²) >= 11 is 12.0. The Balaban J connectivity index is 2.15. The molecule has 33 heavy (non-hydrogen) atoms. The molecule has 0 aliphatic carbocycles. The maximum Gasteiger partial charge on any atom is 0.242 e. The number of amides is 2. The van der Waals surface area contributed by atoms with E-state index >= 15 is 0 Å². The standard InChI is InChI=1S/C22H26Cl2FN3O4S/c1-15(22(30)26-2)27(14-16-6-11-19(23)20(24)13-16)21(29)5-4-12-28(33(3,31)32)18-9-7-17(25)8-10-18/h6-11,13,15H,4-5,12,14H2,1-3H3,(H,26,30)/t15-/m0/s1. The van der Waals surface area contributed by atoms with Gasteiger partial charge < -0.3 is 10.2 Å². The van der Waals surface area contributed by atoms with E-state index < -0.39 is 21.9 Å². The molecule has 1 atom stereocenters. The van der Waals surface area contributed by atoms with Crippen molar-refractivity contribution in [3.05, 3.63) is 63.9 Å². The van der Waals surface area contributed by atoms with Gasteiger partial charge in [-0.2, -0.15) is 0 Å². The van der Waals surface area contributed by atoms with Crippen molar-refractivity contribution in [2.24, 2.45) is 0 Å². The number of benzene rings is 2. The van der Waals surface area contributed by atoms with Gasteiger partial charge >= 0.3 is 0 Å². The van der Waals surface area contributed by atoms with E-state index in [-0.39, 0.29) is 37.7 Å². The van der Waals surface area contributed by atoms with Crippen molar-refractivity contribution < 1.29 is 22.4 Å². The number of hydrogen-bond acceptors (Lipinski definition) is 4. The van der Waals surface area contributed by atoms with E-state index in [1.807, 2.05) is 0 Å². The molecule has 11 heteroatoms. The van der Waals surface area contributed by atoms with Gasteiger partial charge in [0.15, 0.2) is 0 Å². The topological polar surface area (TPSA) is 86.8 Å². The quantitative estimate of drug-likeness (QED) is 0.518. The molecule has 2 aromatic carbocycles. The van der Waals surface area contributed by atoms with Crippen molar-refractivity contribution in [3.8, 4) is 0 Å². The Morgan fingerprint density at radius 1 is 1.09 bits per heavy atom. The smallest absolute Gasteiger partial charge is 0.242 e. The van der Waals surface area contributed by atoms with Crippen molar-refractivity contribution in [3.63, 3.8) is 0 Å². The average Bonchev–Trinajstić information content (AvgIpc) is 2.76. The van der Waals surface area contributed by atoms with Gasteiger partial charge in [-0.15, -0.1) is 0 Å². The first kappa shape index (κ1) is 26.9. The van der Waals surface area contributed by atoms with Crippen molar-refractivity contribution in [1.82, 2.24) is 10.2 Å². The second kappa shape index (κ2) is 11.7. The highest BCUT2D eigenvalue weighted by atomic mass is 35.5. The molecule has 0 saturated carbocycles. The third-order valence-electron chi connectivity index (χ3n) is 5.02. The summed E-state index contributed by atoms with van der Waals surface area (Å²) in [7, 11) is -2.17. The molecule has 0 fully saturated rings. The van der Waals surface area contributed by atoms with Crippen molar-refractivity contribution in [2.75, 3.05) is 24.2 Å². The number of nitrogens with zero attached hydrogens (tertiary/aromatic N) is 2. The van der Waals surface area contributed by atoms with Crippen LogP contribution in [0.1, 0.15) is 25.3 Å². The molecule has 0 aromatic heterocycles. The molecule has 2 rings (SSSR count). The summed E-state index contributed by atoms with van der Waals surface area (Å²) in [5.41, 5.74) is 0.996. The number of anilines is 1. The first-order chi connectivity index (χ1) is 15.4. The lowest BCUT2D eigenvalue weighted by molar-refractivity contribution is -0.140. The van der Waals surface area contributed by atoms with Crippen LogP contribution in [0.4, 0.5) is 10.1 Å². The number of sulfonamides is 1. The molecule has 2 amide bonds. The van der Waals surface area contributed by atoms with Gasteiger partial charge in [-0.05, 0) is 55.3 Å². The minimum Gasteiger partial charge on any atom is -0.357 e. The van der Waals surface area contributed by atoms with E-state index in [4.69, 9.17) is 23.2 Å². The minimum absolute atomic E-state index is 0.00410. The number of carbonyl (C=O) groups excluding carboxylic acids is 2. The van der Waals surface area contributed by atoms with Gasteiger partial charge in [-0.1, -0.05) is 29.3 Å². The Labute approximate surface area is 203 Å². The Morgan fingerprint density at radius 3 is 2.27 bits per heavy atom. The van der Waals surface area contributed by atoms with Crippen LogP contribution in [0.15, 0.2) is 42.5 Å². The number of nitrogens with one attached hydrogen (secondary N) is 1. The highest BCUT2D eigenvalue weighted by Crippen LogP contribution is 2.24. The Morgan fingerprint density at radius 2 is 1.73 bits per heavy atom. The zero-order chi connectivity index (χ0) is 24.8. The maximum atomic E-state index is 13.2. The average molecular weight is 518 g/mol. The highest BCUT2D eigenvalue weighted by molar-refractivity contribution is 7.92. The lowest BCUT2D eigenvalue weighted by Gasteiger charge is -2.29. The van der Waals surface area contributed by atoms with Crippen LogP contribution in [0.25, 0.3) is 0 Å². The van der Waals surface area contributed by atoms with Crippen LogP contribution in [-0.4, -0.2) is 51.0 Å². The van der Waals surface area contributed by atoms with Crippen molar-refractivity contribution in [2.45, 2.75) is 32.4 Å². The van der Waals surface area contributed by atoms with Crippen molar-refractivity contribution >= 4 is 50.7 Å². The fraction of sp³-hybridized carbons (Fsp3) is 0.364. The van der Waals surface area contributed by atoms with E-state index in [1.54, 1.807) is 25.1 Å². The summed E-state index contributed by atoms with van der Waals surface area (Å²) in [4.78, 5) is 26.7. The van der Waals surface area contributed by atoms with Gasteiger partial charge in [0.05, 0.1) is 22.0 Å². The first-order valence-electron chi connectivity index (χ1n) is 10.1. The number of likely N-dealkylation sites (N-methyl/N-ethyl adjacent to an activating group) is 1.